The Hall–Kier alpha value is -3.74. The van der Waals surface area contributed by atoms with Gasteiger partial charge in [-0.05, 0) is 42.7 Å². The third-order valence-corrected chi connectivity index (χ3v) is 4.83. The van der Waals surface area contributed by atoms with Crippen LogP contribution in [0.25, 0.3) is 0 Å². The van der Waals surface area contributed by atoms with Gasteiger partial charge in [-0.25, -0.2) is 9.97 Å². The molecule has 1 heterocycles. The number of hydrogen-bond donors (Lipinski definition) is 3. The molecule has 0 radical (unpaired) electrons. The summed E-state index contributed by atoms with van der Waals surface area (Å²) in [7, 11) is 0. The summed E-state index contributed by atoms with van der Waals surface area (Å²) in [5.74, 6) is -0.510. The SMILES string of the molecule is C.O=C(NC1(C(=O)NCc2ccc(Nc3ccccc3)cc2)CC1)c1cncnc1. The molecule has 0 spiro atoms. The first kappa shape index (κ1) is 21.0. The van der Waals surface area contributed by atoms with E-state index >= 15 is 0 Å². The average molecular weight is 403 g/mol. The monoisotopic (exact) mass is 403 g/mol. The molecule has 0 saturated heterocycles. The lowest BCUT2D eigenvalue weighted by molar-refractivity contribution is -0.124. The highest BCUT2D eigenvalue weighted by Gasteiger charge is 2.51. The summed E-state index contributed by atoms with van der Waals surface area (Å²) < 4.78 is 0. The Labute approximate surface area is 176 Å². The summed E-state index contributed by atoms with van der Waals surface area (Å²) in [6, 6.07) is 17.8. The zero-order chi connectivity index (χ0) is 20.1. The quantitative estimate of drug-likeness (QED) is 0.562. The van der Waals surface area contributed by atoms with Crippen molar-refractivity contribution in [3.63, 3.8) is 0 Å². The Balaban J connectivity index is 0.00000256. The van der Waals surface area contributed by atoms with Crippen LogP contribution < -0.4 is 16.0 Å². The highest BCUT2D eigenvalue weighted by atomic mass is 16.2. The van der Waals surface area contributed by atoms with Gasteiger partial charge in [-0.1, -0.05) is 37.8 Å². The van der Waals surface area contributed by atoms with Crippen LogP contribution in [-0.2, 0) is 11.3 Å². The van der Waals surface area contributed by atoms with Crippen LogP contribution in [0.1, 0.15) is 36.2 Å². The summed E-state index contributed by atoms with van der Waals surface area (Å²) in [6.07, 6.45) is 5.47. The van der Waals surface area contributed by atoms with Gasteiger partial charge in [-0.15, -0.1) is 0 Å². The Morgan fingerprint density at radius 2 is 1.53 bits per heavy atom. The Morgan fingerprint density at radius 3 is 2.17 bits per heavy atom. The van der Waals surface area contributed by atoms with Gasteiger partial charge in [0.25, 0.3) is 5.91 Å². The molecule has 0 bridgehead atoms. The van der Waals surface area contributed by atoms with Crippen LogP contribution in [0.4, 0.5) is 11.4 Å². The second kappa shape index (κ2) is 9.17. The third kappa shape index (κ3) is 5.00. The van der Waals surface area contributed by atoms with Crippen LogP contribution in [0.15, 0.2) is 73.3 Å². The van der Waals surface area contributed by atoms with Gasteiger partial charge in [0.1, 0.15) is 11.9 Å². The van der Waals surface area contributed by atoms with Crippen molar-refractivity contribution < 1.29 is 9.59 Å². The van der Waals surface area contributed by atoms with Gasteiger partial charge < -0.3 is 16.0 Å². The number of nitrogens with one attached hydrogen (secondary N) is 3. The van der Waals surface area contributed by atoms with Gasteiger partial charge >= 0.3 is 0 Å². The lowest BCUT2D eigenvalue weighted by atomic mass is 10.1. The molecule has 1 fully saturated rings. The molecule has 3 aromatic rings. The van der Waals surface area contributed by atoms with E-state index in [1.165, 1.54) is 18.7 Å². The normalized spacial score (nSPS) is 13.5. The molecular formula is C23H25N5O2. The molecule has 3 N–H and O–H groups in total. The van der Waals surface area contributed by atoms with Crippen molar-refractivity contribution in [2.24, 2.45) is 0 Å². The topological polar surface area (TPSA) is 96.0 Å². The van der Waals surface area contributed by atoms with E-state index in [1.807, 2.05) is 54.6 Å². The van der Waals surface area contributed by atoms with Crippen LogP contribution >= 0.6 is 0 Å². The van der Waals surface area contributed by atoms with Gasteiger partial charge in [0, 0.05) is 30.3 Å². The van der Waals surface area contributed by atoms with Gasteiger partial charge in [0.2, 0.25) is 5.91 Å². The minimum atomic E-state index is -0.832. The van der Waals surface area contributed by atoms with Crippen molar-refractivity contribution in [3.05, 3.63) is 84.4 Å². The number of anilines is 2. The van der Waals surface area contributed by atoms with Crippen molar-refractivity contribution in [2.45, 2.75) is 32.4 Å². The van der Waals surface area contributed by atoms with Crippen LogP contribution in [0, 0.1) is 0 Å². The third-order valence-electron chi connectivity index (χ3n) is 4.83. The van der Waals surface area contributed by atoms with Crippen LogP contribution in [-0.4, -0.2) is 27.3 Å². The maximum atomic E-state index is 12.6. The number of rotatable bonds is 7. The molecule has 4 rings (SSSR count). The molecule has 2 amide bonds. The number of carbonyl (C=O) groups is 2. The maximum absolute atomic E-state index is 12.6. The Morgan fingerprint density at radius 1 is 0.900 bits per heavy atom. The molecule has 0 unspecified atom stereocenters. The van der Waals surface area contributed by atoms with Crippen molar-refractivity contribution in [3.8, 4) is 0 Å². The van der Waals surface area contributed by atoms with E-state index < -0.39 is 5.54 Å². The summed E-state index contributed by atoms with van der Waals surface area (Å²) in [5.41, 5.74) is 2.48. The number of nitrogens with zero attached hydrogens (tertiary/aromatic N) is 2. The molecule has 154 valence electrons. The smallest absolute Gasteiger partial charge is 0.255 e. The van der Waals surface area contributed by atoms with E-state index in [9.17, 15) is 9.59 Å². The van der Waals surface area contributed by atoms with Gasteiger partial charge in [0.15, 0.2) is 0 Å². The van der Waals surface area contributed by atoms with Crippen LogP contribution in [0.2, 0.25) is 0 Å². The van der Waals surface area contributed by atoms with Crippen molar-refractivity contribution in [2.75, 3.05) is 5.32 Å². The van der Waals surface area contributed by atoms with Gasteiger partial charge in [-0.3, -0.25) is 9.59 Å². The predicted octanol–water partition coefficient (Wildman–Crippen LogP) is 3.44. The summed E-state index contributed by atoms with van der Waals surface area (Å²) in [4.78, 5) is 32.6. The van der Waals surface area contributed by atoms with Gasteiger partial charge in [0.05, 0.1) is 5.56 Å². The van der Waals surface area contributed by atoms with E-state index in [-0.39, 0.29) is 19.2 Å². The van der Waals surface area contributed by atoms with Crippen molar-refractivity contribution in [1.29, 1.82) is 0 Å². The highest BCUT2D eigenvalue weighted by molar-refractivity contribution is 6.00. The molecule has 0 atom stereocenters. The van der Waals surface area contributed by atoms with E-state index in [4.69, 9.17) is 0 Å². The van der Waals surface area contributed by atoms with E-state index in [0.29, 0.717) is 24.9 Å². The minimum absolute atomic E-state index is 0. The first-order chi connectivity index (χ1) is 14.1. The highest BCUT2D eigenvalue weighted by Crippen LogP contribution is 2.36. The number of hydrogen-bond acceptors (Lipinski definition) is 5. The molecule has 7 heteroatoms. The lowest BCUT2D eigenvalue weighted by Gasteiger charge is -2.17. The van der Waals surface area contributed by atoms with Gasteiger partial charge in [-0.2, -0.15) is 0 Å². The molecule has 1 aliphatic carbocycles. The number of aromatic nitrogens is 2. The predicted molar refractivity (Wildman–Crippen MR) is 116 cm³/mol. The number of carbonyl (C=O) groups excluding carboxylic acids is 2. The minimum Gasteiger partial charge on any atom is -0.356 e. The first-order valence-electron chi connectivity index (χ1n) is 9.41. The lowest BCUT2D eigenvalue weighted by Crippen LogP contribution is -2.48. The number of amides is 2. The van der Waals surface area contributed by atoms with E-state index in [1.54, 1.807) is 0 Å². The maximum Gasteiger partial charge on any atom is 0.255 e. The fraction of sp³-hybridized carbons (Fsp3) is 0.217. The fourth-order valence-corrected chi connectivity index (χ4v) is 2.99. The zero-order valence-corrected chi connectivity index (χ0v) is 15.8. The van der Waals surface area contributed by atoms with E-state index in [2.05, 4.69) is 25.9 Å². The molecule has 0 aliphatic heterocycles. The molecule has 7 nitrogen and oxygen atoms in total. The molecule has 2 aromatic carbocycles. The molecule has 1 aliphatic rings. The van der Waals surface area contributed by atoms with Crippen molar-refractivity contribution >= 4 is 23.2 Å². The zero-order valence-electron chi connectivity index (χ0n) is 15.8. The largest absolute Gasteiger partial charge is 0.356 e. The second-order valence-corrected chi connectivity index (χ2v) is 7.03. The Bertz CT molecular complexity index is 987. The number of para-hydroxylation sites is 1. The number of benzene rings is 2. The molecule has 1 aromatic heterocycles. The second-order valence-electron chi connectivity index (χ2n) is 7.03. The van der Waals surface area contributed by atoms with Crippen molar-refractivity contribution in [1.82, 2.24) is 20.6 Å². The van der Waals surface area contributed by atoms with E-state index in [0.717, 1.165) is 16.9 Å². The molecule has 30 heavy (non-hydrogen) atoms. The molecule has 1 saturated carbocycles. The Kier molecular flexibility index (Phi) is 6.41. The average Bonchev–Trinajstić information content (AvgIpc) is 3.55. The summed E-state index contributed by atoms with van der Waals surface area (Å²) >= 11 is 0. The summed E-state index contributed by atoms with van der Waals surface area (Å²) in [5, 5.41) is 9.06. The molecular weight excluding hydrogens is 378 g/mol. The fourth-order valence-electron chi connectivity index (χ4n) is 2.99. The van der Waals surface area contributed by atoms with Crippen LogP contribution in [0.5, 0.6) is 0 Å². The first-order valence-corrected chi connectivity index (χ1v) is 9.41. The van der Waals surface area contributed by atoms with Crippen LogP contribution in [0.3, 0.4) is 0 Å². The standard InChI is InChI=1S/C22H21N5O2.CH4/c28-20(17-13-23-15-24-14-17)27-22(10-11-22)21(29)25-12-16-6-8-19(9-7-16)26-18-4-2-1-3-5-18;/h1-9,13-15,26H,10-12H2,(H,25,29)(H,27,28);1H4. The summed E-state index contributed by atoms with van der Waals surface area (Å²) in [6.45, 7) is 0.399.